The van der Waals surface area contributed by atoms with Gasteiger partial charge in [0.1, 0.15) is 11.5 Å². The van der Waals surface area contributed by atoms with Crippen molar-refractivity contribution in [1.29, 1.82) is 0 Å². The second kappa shape index (κ2) is 3.41. The van der Waals surface area contributed by atoms with Crippen molar-refractivity contribution in [3.05, 3.63) is 48.3 Å². The van der Waals surface area contributed by atoms with E-state index in [1.54, 1.807) is 30.6 Å². The highest BCUT2D eigenvalue weighted by Crippen LogP contribution is 2.39. The molecular weight excluding hydrogens is 204 g/mol. The summed E-state index contributed by atoms with van der Waals surface area (Å²) in [7, 11) is 0. The molecule has 4 nitrogen and oxygen atoms in total. The number of phenols is 1. The Balaban J connectivity index is 1.91. The second-order valence-electron chi connectivity index (χ2n) is 3.61. The molecule has 0 fully saturated rings. The smallest absolute Gasteiger partial charge is 0.198 e. The fraction of sp³-hybridized carbons (Fsp3) is 0.0833. The molecule has 0 bridgehead atoms. The van der Waals surface area contributed by atoms with Gasteiger partial charge in [0.15, 0.2) is 6.23 Å². The van der Waals surface area contributed by atoms with E-state index < -0.39 is 0 Å². The predicted molar refractivity (Wildman–Crippen MR) is 59.3 cm³/mol. The molecule has 16 heavy (non-hydrogen) atoms. The molecule has 0 amide bonds. The number of nitrogens with zero attached hydrogens (tertiary/aromatic N) is 1. The van der Waals surface area contributed by atoms with Gasteiger partial charge in [-0.2, -0.15) is 0 Å². The first-order chi connectivity index (χ1) is 7.83. The predicted octanol–water partition coefficient (Wildman–Crippen LogP) is 2.29. The summed E-state index contributed by atoms with van der Waals surface area (Å²) >= 11 is 0. The van der Waals surface area contributed by atoms with Crippen LogP contribution in [-0.4, -0.2) is 10.1 Å². The average Bonchev–Trinajstić information content (AvgIpc) is 2.73. The Kier molecular flexibility index (Phi) is 1.93. The maximum absolute atomic E-state index is 9.35. The van der Waals surface area contributed by atoms with Gasteiger partial charge in [-0.05, 0) is 18.2 Å². The standard InChI is InChI=1S/C12H10N2O2/c15-9-3-4-11-10(6-9)14-12(16-11)8-2-1-5-13-7-8/h1-7,12,14-15H. The number of benzene rings is 1. The number of aromatic nitrogens is 1. The molecule has 1 aromatic carbocycles. The molecule has 0 saturated heterocycles. The van der Waals surface area contributed by atoms with E-state index in [0.717, 1.165) is 17.0 Å². The van der Waals surface area contributed by atoms with Crippen molar-refractivity contribution in [1.82, 2.24) is 4.98 Å². The minimum Gasteiger partial charge on any atom is -0.508 e. The number of aromatic hydroxyl groups is 1. The van der Waals surface area contributed by atoms with Crippen molar-refractivity contribution in [2.75, 3.05) is 5.32 Å². The molecule has 1 atom stereocenters. The van der Waals surface area contributed by atoms with Gasteiger partial charge in [0.05, 0.1) is 5.69 Å². The van der Waals surface area contributed by atoms with Crippen LogP contribution >= 0.6 is 0 Å². The van der Waals surface area contributed by atoms with E-state index in [9.17, 15) is 5.11 Å². The number of rotatable bonds is 1. The van der Waals surface area contributed by atoms with E-state index >= 15 is 0 Å². The number of hydrogen-bond donors (Lipinski definition) is 2. The minimum atomic E-state index is -0.231. The minimum absolute atomic E-state index is 0.224. The summed E-state index contributed by atoms with van der Waals surface area (Å²) in [5.74, 6) is 0.966. The number of phenolic OH excluding ortho intramolecular Hbond substituents is 1. The normalized spacial score (nSPS) is 17.4. The molecule has 3 rings (SSSR count). The van der Waals surface area contributed by atoms with Gasteiger partial charge in [-0.1, -0.05) is 6.07 Å². The molecule has 1 aliphatic heterocycles. The highest BCUT2D eigenvalue weighted by molar-refractivity contribution is 5.63. The van der Waals surface area contributed by atoms with Crippen molar-refractivity contribution in [3.8, 4) is 11.5 Å². The molecule has 4 heteroatoms. The molecule has 0 saturated carbocycles. The van der Waals surface area contributed by atoms with Crippen LogP contribution in [0.5, 0.6) is 11.5 Å². The van der Waals surface area contributed by atoms with Crippen molar-refractivity contribution < 1.29 is 9.84 Å². The lowest BCUT2D eigenvalue weighted by Gasteiger charge is -2.10. The van der Waals surface area contributed by atoms with E-state index in [-0.39, 0.29) is 12.0 Å². The van der Waals surface area contributed by atoms with Gasteiger partial charge in [0.25, 0.3) is 0 Å². The molecule has 1 unspecified atom stereocenters. The molecule has 2 aromatic rings. The summed E-state index contributed by atoms with van der Waals surface area (Å²) in [4.78, 5) is 4.04. The molecule has 0 radical (unpaired) electrons. The lowest BCUT2D eigenvalue weighted by Crippen LogP contribution is -2.09. The van der Waals surface area contributed by atoms with Crippen molar-refractivity contribution in [2.45, 2.75) is 6.23 Å². The van der Waals surface area contributed by atoms with Crippen LogP contribution in [0.2, 0.25) is 0 Å². The maximum atomic E-state index is 9.35. The van der Waals surface area contributed by atoms with Gasteiger partial charge in [0.2, 0.25) is 0 Å². The quantitative estimate of drug-likeness (QED) is 0.764. The fourth-order valence-electron chi connectivity index (χ4n) is 1.71. The van der Waals surface area contributed by atoms with E-state index in [1.807, 2.05) is 12.1 Å². The van der Waals surface area contributed by atoms with Gasteiger partial charge in [-0.15, -0.1) is 0 Å². The van der Waals surface area contributed by atoms with Crippen LogP contribution in [0.4, 0.5) is 5.69 Å². The Morgan fingerprint density at radius 1 is 1.31 bits per heavy atom. The first-order valence-electron chi connectivity index (χ1n) is 4.99. The third-order valence-electron chi connectivity index (χ3n) is 2.48. The van der Waals surface area contributed by atoms with Crippen molar-refractivity contribution in [2.24, 2.45) is 0 Å². The molecular formula is C12H10N2O2. The van der Waals surface area contributed by atoms with Crippen LogP contribution < -0.4 is 10.1 Å². The van der Waals surface area contributed by atoms with Crippen LogP contribution in [0, 0.1) is 0 Å². The second-order valence-corrected chi connectivity index (χ2v) is 3.61. The molecule has 80 valence electrons. The molecule has 1 aliphatic rings. The summed E-state index contributed by atoms with van der Waals surface area (Å²) in [6.45, 7) is 0. The van der Waals surface area contributed by atoms with E-state index in [2.05, 4.69) is 10.3 Å². The van der Waals surface area contributed by atoms with Gasteiger partial charge in [0, 0.05) is 24.0 Å². The largest absolute Gasteiger partial charge is 0.508 e. The first kappa shape index (κ1) is 9.03. The number of nitrogens with one attached hydrogen (secondary N) is 1. The Morgan fingerprint density at radius 2 is 2.25 bits per heavy atom. The van der Waals surface area contributed by atoms with Crippen LogP contribution in [0.15, 0.2) is 42.7 Å². The SMILES string of the molecule is Oc1ccc2c(c1)NC(c1cccnc1)O2. The van der Waals surface area contributed by atoms with Crippen LogP contribution in [-0.2, 0) is 0 Å². The number of pyridine rings is 1. The van der Waals surface area contributed by atoms with Crippen LogP contribution in [0.3, 0.4) is 0 Å². The van der Waals surface area contributed by atoms with E-state index in [1.165, 1.54) is 0 Å². The third kappa shape index (κ3) is 1.44. The number of fused-ring (bicyclic) bond motifs is 1. The lowest BCUT2D eigenvalue weighted by molar-refractivity contribution is 0.259. The van der Waals surface area contributed by atoms with Crippen molar-refractivity contribution >= 4 is 5.69 Å². The monoisotopic (exact) mass is 214 g/mol. The van der Waals surface area contributed by atoms with E-state index in [0.29, 0.717) is 0 Å². The van der Waals surface area contributed by atoms with Gasteiger partial charge >= 0.3 is 0 Å². The summed E-state index contributed by atoms with van der Waals surface area (Å²) in [6, 6.07) is 8.79. The summed E-state index contributed by atoms with van der Waals surface area (Å²) in [6.07, 6.45) is 3.24. The van der Waals surface area contributed by atoms with Crippen molar-refractivity contribution in [3.63, 3.8) is 0 Å². The zero-order chi connectivity index (χ0) is 11.0. The maximum Gasteiger partial charge on any atom is 0.198 e. The summed E-state index contributed by atoms with van der Waals surface area (Å²) in [5, 5.41) is 12.5. The topological polar surface area (TPSA) is 54.4 Å². The number of ether oxygens (including phenoxy) is 1. The molecule has 2 N–H and O–H groups in total. The fourth-order valence-corrected chi connectivity index (χ4v) is 1.71. The van der Waals surface area contributed by atoms with Crippen LogP contribution in [0.1, 0.15) is 11.8 Å². The van der Waals surface area contributed by atoms with Gasteiger partial charge in [-0.25, -0.2) is 0 Å². The Bertz CT molecular complexity index is 514. The lowest BCUT2D eigenvalue weighted by atomic mass is 10.2. The summed E-state index contributed by atoms with van der Waals surface area (Å²) in [5.41, 5.74) is 1.76. The molecule has 0 spiro atoms. The Morgan fingerprint density at radius 3 is 3.06 bits per heavy atom. The number of hydrogen-bond acceptors (Lipinski definition) is 4. The summed E-state index contributed by atoms with van der Waals surface area (Å²) < 4.78 is 5.69. The zero-order valence-corrected chi connectivity index (χ0v) is 8.42. The Labute approximate surface area is 92.5 Å². The average molecular weight is 214 g/mol. The first-order valence-corrected chi connectivity index (χ1v) is 4.99. The molecule has 2 heterocycles. The van der Waals surface area contributed by atoms with Gasteiger partial charge in [-0.3, -0.25) is 4.98 Å². The Hall–Kier alpha value is -2.23. The molecule has 0 aliphatic carbocycles. The zero-order valence-electron chi connectivity index (χ0n) is 8.42. The highest BCUT2D eigenvalue weighted by atomic mass is 16.5. The number of anilines is 1. The molecule has 1 aromatic heterocycles. The highest BCUT2D eigenvalue weighted by Gasteiger charge is 2.23. The van der Waals surface area contributed by atoms with E-state index in [4.69, 9.17) is 4.74 Å². The third-order valence-corrected chi connectivity index (χ3v) is 2.48. The van der Waals surface area contributed by atoms with Gasteiger partial charge < -0.3 is 15.2 Å². The van der Waals surface area contributed by atoms with Crippen LogP contribution in [0.25, 0.3) is 0 Å².